The first kappa shape index (κ1) is 28.9. The molecule has 212 valence electrons. The van der Waals surface area contributed by atoms with E-state index < -0.39 is 6.04 Å². The quantitative estimate of drug-likeness (QED) is 0.183. The average Bonchev–Trinajstić information content (AvgIpc) is 3.49. The van der Waals surface area contributed by atoms with E-state index in [-0.39, 0.29) is 11.7 Å². The molecule has 3 aromatic carbocycles. The summed E-state index contributed by atoms with van der Waals surface area (Å²) in [6.45, 7) is 6.54. The summed E-state index contributed by atoms with van der Waals surface area (Å²) in [6, 6.07) is 22.5. The number of rotatable bonds is 9. The second-order valence-electron chi connectivity index (χ2n) is 10.2. The number of hydrogen-bond acceptors (Lipinski definition) is 6. The predicted molar refractivity (Wildman–Crippen MR) is 171 cm³/mol. The van der Waals surface area contributed by atoms with Gasteiger partial charge in [-0.25, -0.2) is 4.98 Å². The van der Waals surface area contributed by atoms with Crippen molar-refractivity contribution in [3.63, 3.8) is 0 Å². The highest BCUT2D eigenvalue weighted by molar-refractivity contribution is 7.10. The zero-order chi connectivity index (χ0) is 29.8. The van der Waals surface area contributed by atoms with Gasteiger partial charge in [0.2, 0.25) is 0 Å². The van der Waals surface area contributed by atoms with E-state index in [0.717, 1.165) is 60.6 Å². The van der Waals surface area contributed by atoms with Crippen LogP contribution in [0.1, 0.15) is 49.2 Å². The SMILES string of the molecule is CNC(=O)c1ccc(/C=C/C(=O)C(N)c2sccc2-c2ccc(C)c(COc3cccc4ccc(C)nc34)c2C)cc1. The molecule has 0 bridgehead atoms. The van der Waals surface area contributed by atoms with Crippen LogP contribution in [0.4, 0.5) is 0 Å². The molecule has 42 heavy (non-hydrogen) atoms. The minimum atomic E-state index is -0.799. The van der Waals surface area contributed by atoms with E-state index in [0.29, 0.717) is 12.2 Å². The third-order valence-electron chi connectivity index (χ3n) is 7.44. The molecule has 2 aromatic heterocycles. The first-order valence-electron chi connectivity index (χ1n) is 13.7. The van der Waals surface area contributed by atoms with E-state index in [1.165, 1.54) is 17.4 Å². The molecule has 0 spiro atoms. The van der Waals surface area contributed by atoms with Gasteiger partial charge in [-0.2, -0.15) is 0 Å². The maximum absolute atomic E-state index is 13.1. The summed E-state index contributed by atoms with van der Waals surface area (Å²) in [4.78, 5) is 30.4. The fourth-order valence-corrected chi connectivity index (χ4v) is 5.89. The molecule has 0 radical (unpaired) electrons. The van der Waals surface area contributed by atoms with Crippen LogP contribution >= 0.6 is 11.3 Å². The Morgan fingerprint density at radius 2 is 1.76 bits per heavy atom. The molecule has 1 amide bonds. The maximum Gasteiger partial charge on any atom is 0.251 e. The van der Waals surface area contributed by atoms with Gasteiger partial charge in [-0.05, 0) is 95.9 Å². The number of pyridine rings is 1. The highest BCUT2D eigenvalue weighted by atomic mass is 32.1. The molecule has 0 aliphatic heterocycles. The number of hydrogen-bond donors (Lipinski definition) is 2. The van der Waals surface area contributed by atoms with Crippen LogP contribution in [-0.2, 0) is 11.4 Å². The molecule has 3 N–H and O–H groups in total. The average molecular weight is 576 g/mol. The summed E-state index contributed by atoms with van der Waals surface area (Å²) < 4.78 is 6.34. The molecule has 5 aromatic rings. The number of nitrogens with zero attached hydrogens (tertiary/aromatic N) is 1. The van der Waals surface area contributed by atoms with Gasteiger partial charge in [-0.1, -0.05) is 48.5 Å². The molecule has 1 unspecified atom stereocenters. The molecule has 1 atom stereocenters. The number of aryl methyl sites for hydroxylation is 2. The maximum atomic E-state index is 13.1. The number of nitrogens with one attached hydrogen (secondary N) is 1. The van der Waals surface area contributed by atoms with Gasteiger partial charge in [-0.3, -0.25) is 9.59 Å². The van der Waals surface area contributed by atoms with Gasteiger partial charge in [0.1, 0.15) is 23.9 Å². The Morgan fingerprint density at radius 3 is 2.52 bits per heavy atom. The number of aromatic nitrogens is 1. The molecule has 7 heteroatoms. The zero-order valence-corrected chi connectivity index (χ0v) is 24.9. The topological polar surface area (TPSA) is 94.3 Å². The fourth-order valence-electron chi connectivity index (χ4n) is 4.98. The van der Waals surface area contributed by atoms with Crippen molar-refractivity contribution in [2.75, 3.05) is 7.05 Å². The second kappa shape index (κ2) is 12.5. The number of amides is 1. The van der Waals surface area contributed by atoms with Crippen molar-refractivity contribution >= 4 is 40.0 Å². The molecule has 5 rings (SSSR count). The van der Waals surface area contributed by atoms with E-state index in [2.05, 4.69) is 37.4 Å². The van der Waals surface area contributed by atoms with E-state index in [1.807, 2.05) is 42.6 Å². The standard InChI is InChI=1S/C35H33N3O3S/c1-21-8-16-27(23(3)29(21)20-41-31-7-5-6-25-13-9-22(2)38-33(25)31)28-18-19-42-34(28)32(36)30(39)17-12-24-10-14-26(15-11-24)35(40)37-4/h5-19,32H,20,36H2,1-4H3,(H,37,40)/b17-12+. The number of carbonyl (C=O) groups excluding carboxylic acids is 2. The van der Waals surface area contributed by atoms with Crippen molar-refractivity contribution in [2.45, 2.75) is 33.4 Å². The van der Waals surface area contributed by atoms with Gasteiger partial charge in [0.15, 0.2) is 5.78 Å². The number of carbonyl (C=O) groups is 2. The molecular weight excluding hydrogens is 542 g/mol. The van der Waals surface area contributed by atoms with E-state index in [1.54, 1.807) is 37.4 Å². The summed E-state index contributed by atoms with van der Waals surface area (Å²) >= 11 is 1.48. The van der Waals surface area contributed by atoms with Gasteiger partial charge in [0.25, 0.3) is 5.91 Å². The Bertz CT molecular complexity index is 1800. The van der Waals surface area contributed by atoms with Crippen LogP contribution in [-0.4, -0.2) is 23.7 Å². The molecule has 0 aliphatic rings. The summed E-state index contributed by atoms with van der Waals surface area (Å²) in [5.41, 5.74) is 15.0. The van der Waals surface area contributed by atoms with Crippen molar-refractivity contribution in [3.05, 3.63) is 123 Å². The first-order valence-corrected chi connectivity index (χ1v) is 14.6. The van der Waals surface area contributed by atoms with Crippen molar-refractivity contribution in [1.29, 1.82) is 0 Å². The summed E-state index contributed by atoms with van der Waals surface area (Å²) in [5, 5.41) is 5.61. The third-order valence-corrected chi connectivity index (χ3v) is 8.44. The number of ketones is 1. The summed E-state index contributed by atoms with van der Waals surface area (Å²) in [6.07, 6.45) is 3.23. The summed E-state index contributed by atoms with van der Waals surface area (Å²) in [7, 11) is 1.59. The van der Waals surface area contributed by atoms with Crippen LogP contribution < -0.4 is 15.8 Å². The van der Waals surface area contributed by atoms with Crippen molar-refractivity contribution in [1.82, 2.24) is 10.3 Å². The normalized spacial score (nSPS) is 12.0. The minimum Gasteiger partial charge on any atom is -0.487 e. The number of para-hydroxylation sites is 1. The lowest BCUT2D eigenvalue weighted by atomic mass is 9.92. The van der Waals surface area contributed by atoms with Crippen LogP contribution in [0.3, 0.4) is 0 Å². The smallest absolute Gasteiger partial charge is 0.251 e. The highest BCUT2D eigenvalue weighted by Crippen LogP contribution is 2.37. The summed E-state index contributed by atoms with van der Waals surface area (Å²) in [5.74, 6) is 0.399. The molecule has 2 heterocycles. The number of ether oxygens (including phenoxy) is 1. The van der Waals surface area contributed by atoms with Crippen LogP contribution in [0.5, 0.6) is 5.75 Å². The Balaban J connectivity index is 1.37. The minimum absolute atomic E-state index is 0.157. The fraction of sp³-hybridized carbons (Fsp3) is 0.171. The Labute approximate surface area is 249 Å². The molecular formula is C35H33N3O3S. The number of benzene rings is 3. The first-order chi connectivity index (χ1) is 20.3. The van der Waals surface area contributed by atoms with E-state index >= 15 is 0 Å². The van der Waals surface area contributed by atoms with Crippen LogP contribution in [0.25, 0.3) is 28.1 Å². The van der Waals surface area contributed by atoms with E-state index in [9.17, 15) is 9.59 Å². The van der Waals surface area contributed by atoms with Crippen LogP contribution in [0.2, 0.25) is 0 Å². The number of nitrogens with two attached hydrogens (primary N) is 1. The van der Waals surface area contributed by atoms with Gasteiger partial charge in [0.05, 0.1) is 0 Å². The Kier molecular flexibility index (Phi) is 8.61. The zero-order valence-electron chi connectivity index (χ0n) is 24.1. The van der Waals surface area contributed by atoms with Crippen LogP contribution in [0.15, 0.2) is 84.3 Å². The van der Waals surface area contributed by atoms with Crippen molar-refractivity contribution in [2.24, 2.45) is 5.73 Å². The third kappa shape index (κ3) is 6.03. The van der Waals surface area contributed by atoms with Crippen LogP contribution in [0, 0.1) is 20.8 Å². The molecule has 0 saturated heterocycles. The molecule has 0 aliphatic carbocycles. The number of fused-ring (bicyclic) bond motifs is 1. The van der Waals surface area contributed by atoms with Gasteiger partial charge in [0, 0.05) is 28.6 Å². The van der Waals surface area contributed by atoms with Gasteiger partial charge < -0.3 is 15.8 Å². The molecule has 0 fully saturated rings. The monoisotopic (exact) mass is 575 g/mol. The van der Waals surface area contributed by atoms with E-state index in [4.69, 9.17) is 15.5 Å². The highest BCUT2D eigenvalue weighted by Gasteiger charge is 2.21. The Morgan fingerprint density at radius 1 is 0.976 bits per heavy atom. The second-order valence-corrected chi connectivity index (χ2v) is 11.2. The van der Waals surface area contributed by atoms with Crippen molar-refractivity contribution in [3.8, 4) is 16.9 Å². The number of thiophene rings is 1. The van der Waals surface area contributed by atoms with Gasteiger partial charge in [-0.15, -0.1) is 11.3 Å². The lowest BCUT2D eigenvalue weighted by Gasteiger charge is -2.17. The predicted octanol–water partition coefficient (Wildman–Crippen LogP) is 7.11. The molecule has 6 nitrogen and oxygen atoms in total. The lowest BCUT2D eigenvalue weighted by molar-refractivity contribution is -0.115. The lowest BCUT2D eigenvalue weighted by Crippen LogP contribution is -2.19. The van der Waals surface area contributed by atoms with Gasteiger partial charge >= 0.3 is 0 Å². The van der Waals surface area contributed by atoms with Crippen molar-refractivity contribution < 1.29 is 14.3 Å². The Hall–Kier alpha value is -4.59. The molecule has 0 saturated carbocycles. The largest absolute Gasteiger partial charge is 0.487 e.